The number of rotatable bonds is 4. The molecule has 100 valence electrons. The summed E-state index contributed by atoms with van der Waals surface area (Å²) in [4.78, 5) is 0. The molecule has 0 spiro atoms. The fourth-order valence-electron chi connectivity index (χ4n) is 1.56. The van der Waals surface area contributed by atoms with Crippen LogP contribution in [0.2, 0.25) is 5.15 Å². The fourth-order valence-corrected chi connectivity index (χ4v) is 1.74. The van der Waals surface area contributed by atoms with E-state index < -0.39 is 0 Å². The van der Waals surface area contributed by atoms with Crippen LogP contribution in [0, 0.1) is 13.8 Å². The standard InChI is InChI=1S/C14H15ClN2O2/c1-4-18-11-6-5-7-12(8-11)19-14-10(3)9(2)13(15)16-17-14/h5-8H,4H2,1-3H3. The largest absolute Gasteiger partial charge is 0.494 e. The van der Waals surface area contributed by atoms with Gasteiger partial charge in [0.25, 0.3) is 0 Å². The van der Waals surface area contributed by atoms with Crippen LogP contribution in [0.15, 0.2) is 24.3 Å². The summed E-state index contributed by atoms with van der Waals surface area (Å²) in [5, 5.41) is 8.21. The Labute approximate surface area is 117 Å². The molecule has 0 atom stereocenters. The van der Waals surface area contributed by atoms with E-state index in [1.165, 1.54) is 0 Å². The summed E-state index contributed by atoms with van der Waals surface area (Å²) in [7, 11) is 0. The van der Waals surface area contributed by atoms with Gasteiger partial charge in [-0.3, -0.25) is 0 Å². The van der Waals surface area contributed by atoms with Crippen LogP contribution in [-0.4, -0.2) is 16.8 Å². The summed E-state index contributed by atoms with van der Waals surface area (Å²) in [5.74, 6) is 1.87. The minimum atomic E-state index is 0.396. The van der Waals surface area contributed by atoms with Gasteiger partial charge in [-0.1, -0.05) is 17.7 Å². The van der Waals surface area contributed by atoms with E-state index in [1.54, 1.807) is 0 Å². The van der Waals surface area contributed by atoms with Gasteiger partial charge in [-0.2, -0.15) is 0 Å². The van der Waals surface area contributed by atoms with Crippen molar-refractivity contribution in [1.82, 2.24) is 10.2 Å². The first-order chi connectivity index (χ1) is 9.11. The van der Waals surface area contributed by atoms with E-state index in [0.717, 1.165) is 16.9 Å². The van der Waals surface area contributed by atoms with Crippen molar-refractivity contribution in [2.45, 2.75) is 20.8 Å². The maximum atomic E-state index is 5.91. The van der Waals surface area contributed by atoms with E-state index in [4.69, 9.17) is 21.1 Å². The molecule has 2 aromatic rings. The molecular weight excluding hydrogens is 264 g/mol. The molecule has 0 saturated heterocycles. The Morgan fingerprint density at radius 3 is 2.58 bits per heavy atom. The molecule has 0 radical (unpaired) electrons. The second kappa shape index (κ2) is 5.89. The van der Waals surface area contributed by atoms with Crippen molar-refractivity contribution >= 4 is 11.6 Å². The molecule has 0 aliphatic heterocycles. The third-order valence-electron chi connectivity index (χ3n) is 2.75. The van der Waals surface area contributed by atoms with Crippen LogP contribution in [0.25, 0.3) is 0 Å². The van der Waals surface area contributed by atoms with E-state index in [0.29, 0.717) is 23.4 Å². The minimum absolute atomic E-state index is 0.396. The number of hydrogen-bond donors (Lipinski definition) is 0. The smallest absolute Gasteiger partial charge is 0.242 e. The lowest BCUT2D eigenvalue weighted by Gasteiger charge is -2.10. The van der Waals surface area contributed by atoms with Crippen molar-refractivity contribution in [3.05, 3.63) is 40.5 Å². The minimum Gasteiger partial charge on any atom is -0.494 e. The third kappa shape index (κ3) is 3.15. The molecule has 1 heterocycles. The Morgan fingerprint density at radius 1 is 1.11 bits per heavy atom. The van der Waals surface area contributed by atoms with Gasteiger partial charge >= 0.3 is 0 Å². The molecule has 0 amide bonds. The fraction of sp³-hybridized carbons (Fsp3) is 0.286. The van der Waals surface area contributed by atoms with Crippen LogP contribution in [0.3, 0.4) is 0 Å². The summed E-state index contributed by atoms with van der Waals surface area (Å²) >= 11 is 5.91. The lowest BCUT2D eigenvalue weighted by molar-refractivity contribution is 0.337. The summed E-state index contributed by atoms with van der Waals surface area (Å²) in [6.07, 6.45) is 0. The number of halogens is 1. The highest BCUT2D eigenvalue weighted by atomic mass is 35.5. The van der Waals surface area contributed by atoms with Gasteiger partial charge in [0.05, 0.1) is 6.61 Å². The number of hydrogen-bond acceptors (Lipinski definition) is 4. The molecule has 0 aliphatic carbocycles. The molecule has 1 aromatic heterocycles. The maximum Gasteiger partial charge on any atom is 0.242 e. The van der Waals surface area contributed by atoms with Gasteiger partial charge in [-0.25, -0.2) is 0 Å². The summed E-state index contributed by atoms with van der Waals surface area (Å²) in [6.45, 7) is 6.33. The van der Waals surface area contributed by atoms with Gasteiger partial charge < -0.3 is 9.47 Å². The Morgan fingerprint density at radius 2 is 1.84 bits per heavy atom. The first-order valence-corrected chi connectivity index (χ1v) is 6.39. The van der Waals surface area contributed by atoms with Crippen molar-refractivity contribution in [1.29, 1.82) is 0 Å². The SMILES string of the molecule is CCOc1cccc(Oc2nnc(Cl)c(C)c2C)c1. The molecule has 0 unspecified atom stereocenters. The van der Waals surface area contributed by atoms with Crippen molar-refractivity contribution in [2.24, 2.45) is 0 Å². The number of benzene rings is 1. The number of ether oxygens (including phenoxy) is 2. The average Bonchev–Trinajstić information content (AvgIpc) is 2.40. The average molecular weight is 279 g/mol. The first kappa shape index (κ1) is 13.6. The van der Waals surface area contributed by atoms with Crippen LogP contribution in [-0.2, 0) is 0 Å². The van der Waals surface area contributed by atoms with Crippen molar-refractivity contribution in [2.75, 3.05) is 6.61 Å². The molecule has 0 N–H and O–H groups in total. The number of nitrogens with zero attached hydrogens (tertiary/aromatic N) is 2. The van der Waals surface area contributed by atoms with Gasteiger partial charge in [-0.15, -0.1) is 10.2 Å². The zero-order valence-corrected chi connectivity index (χ0v) is 11.9. The van der Waals surface area contributed by atoms with E-state index in [2.05, 4.69) is 10.2 Å². The van der Waals surface area contributed by atoms with Crippen LogP contribution in [0.1, 0.15) is 18.1 Å². The van der Waals surface area contributed by atoms with Crippen molar-refractivity contribution < 1.29 is 9.47 Å². The van der Waals surface area contributed by atoms with E-state index in [1.807, 2.05) is 45.0 Å². The molecule has 1 aromatic carbocycles. The van der Waals surface area contributed by atoms with Crippen molar-refractivity contribution in [3.63, 3.8) is 0 Å². The van der Waals surface area contributed by atoms with Gasteiger partial charge in [0.15, 0.2) is 5.15 Å². The zero-order valence-electron chi connectivity index (χ0n) is 11.1. The predicted molar refractivity (Wildman–Crippen MR) is 74.2 cm³/mol. The van der Waals surface area contributed by atoms with Gasteiger partial charge in [0.1, 0.15) is 11.5 Å². The highest BCUT2D eigenvalue weighted by molar-refractivity contribution is 6.30. The van der Waals surface area contributed by atoms with Crippen LogP contribution in [0.5, 0.6) is 17.4 Å². The van der Waals surface area contributed by atoms with Crippen LogP contribution < -0.4 is 9.47 Å². The Kier molecular flexibility index (Phi) is 4.22. The van der Waals surface area contributed by atoms with Crippen molar-refractivity contribution in [3.8, 4) is 17.4 Å². The number of aromatic nitrogens is 2. The molecule has 19 heavy (non-hydrogen) atoms. The predicted octanol–water partition coefficient (Wildman–Crippen LogP) is 3.94. The quantitative estimate of drug-likeness (QED) is 0.850. The van der Waals surface area contributed by atoms with Gasteiger partial charge in [-0.05, 0) is 38.5 Å². The molecule has 2 rings (SSSR count). The van der Waals surface area contributed by atoms with E-state index in [9.17, 15) is 0 Å². The second-order valence-electron chi connectivity index (χ2n) is 4.06. The summed E-state index contributed by atoms with van der Waals surface area (Å²) in [5.41, 5.74) is 1.74. The lowest BCUT2D eigenvalue weighted by atomic mass is 10.2. The zero-order chi connectivity index (χ0) is 13.8. The third-order valence-corrected chi connectivity index (χ3v) is 3.11. The van der Waals surface area contributed by atoms with Gasteiger partial charge in [0, 0.05) is 11.6 Å². The maximum absolute atomic E-state index is 5.91. The molecule has 0 bridgehead atoms. The monoisotopic (exact) mass is 278 g/mol. The Hall–Kier alpha value is -1.81. The van der Waals surface area contributed by atoms with Crippen LogP contribution in [0.4, 0.5) is 0 Å². The second-order valence-corrected chi connectivity index (χ2v) is 4.41. The normalized spacial score (nSPS) is 10.3. The molecule has 0 saturated carbocycles. The molecular formula is C14H15ClN2O2. The van der Waals surface area contributed by atoms with E-state index in [-0.39, 0.29) is 0 Å². The molecule has 4 nitrogen and oxygen atoms in total. The summed E-state index contributed by atoms with van der Waals surface area (Å²) in [6, 6.07) is 7.40. The Balaban J connectivity index is 2.26. The Bertz CT molecular complexity index is 588. The molecule has 0 fully saturated rings. The van der Waals surface area contributed by atoms with Gasteiger partial charge in [0.2, 0.25) is 5.88 Å². The first-order valence-electron chi connectivity index (χ1n) is 6.02. The van der Waals surface area contributed by atoms with Crippen LogP contribution >= 0.6 is 11.6 Å². The molecule has 0 aliphatic rings. The highest BCUT2D eigenvalue weighted by Gasteiger charge is 2.10. The lowest BCUT2D eigenvalue weighted by Crippen LogP contribution is -1.98. The molecule has 5 heteroatoms. The topological polar surface area (TPSA) is 44.2 Å². The van der Waals surface area contributed by atoms with E-state index >= 15 is 0 Å². The highest BCUT2D eigenvalue weighted by Crippen LogP contribution is 2.28. The summed E-state index contributed by atoms with van der Waals surface area (Å²) < 4.78 is 11.1.